The number of aromatic nitrogens is 2. The van der Waals surface area contributed by atoms with Crippen molar-refractivity contribution in [1.29, 1.82) is 0 Å². The quantitative estimate of drug-likeness (QED) is 0.123. The number of rotatable bonds is 10. The van der Waals surface area contributed by atoms with Gasteiger partial charge in [0, 0.05) is 68.3 Å². The van der Waals surface area contributed by atoms with E-state index in [0.29, 0.717) is 36.3 Å². The number of pyridine rings is 1. The molecule has 2 aromatic carbocycles. The molecule has 2 aromatic heterocycles. The van der Waals surface area contributed by atoms with Crippen molar-refractivity contribution >= 4 is 40.5 Å². The zero-order valence-electron chi connectivity index (χ0n) is 41.1. The third kappa shape index (κ3) is 10.2. The summed E-state index contributed by atoms with van der Waals surface area (Å²) in [7, 11) is 2.77. The molecule has 3 aliphatic rings. The number of nitrogens with zero attached hydrogens (tertiary/aromatic N) is 5. The number of ether oxygens (including phenoxy) is 2. The fourth-order valence-corrected chi connectivity index (χ4v) is 10.3. The van der Waals surface area contributed by atoms with Crippen LogP contribution in [0.3, 0.4) is 0 Å². The number of carbonyl (C=O) groups is 5. The summed E-state index contributed by atoms with van der Waals surface area (Å²) in [4.78, 5) is 76.0. The van der Waals surface area contributed by atoms with Gasteiger partial charge in [0.1, 0.15) is 24.0 Å². The summed E-state index contributed by atoms with van der Waals surface area (Å²) < 4.78 is 57.5. The fraction of sp³-hybridized carbons (Fsp3) is 0.500. The number of β-amino-alcohol motifs (C(OH)–C–C–N with tert-alkyl or cyclic N) is 1. The lowest BCUT2D eigenvalue weighted by Crippen LogP contribution is -2.64. The molecular weight excluding hydrogens is 908 g/mol. The molecule has 3 aliphatic heterocycles. The Morgan fingerprint density at radius 1 is 1.10 bits per heavy atom. The summed E-state index contributed by atoms with van der Waals surface area (Å²) in [5.41, 5.74) is 6.42. The van der Waals surface area contributed by atoms with Gasteiger partial charge in [0.2, 0.25) is 11.8 Å². The zero-order valence-corrected chi connectivity index (χ0v) is 41.1. The standard InChI is InChI=1S/C52H64F3N7O8/c1-10-42(63)60-27-41(52(53,54)55)51(68,28-60)49(67)59(8)44(30(3)4)46(64)57-39-24-32-15-12-16-33(23-32)34-19-20-40-36(25-34)37(45(61(40)11-2)35-17-13-21-56-43(35)31(5)69-9)26-50(6,7)29-70-48(66)38-18-14-22-62(58-38)47(39)65/h10,12-13,15-17,19-21,23,25,30-31,38-39,41,44,58,68H,1,11,14,18,22,24,26-29H2,2-9H3,(H,57,64)/t31-,38-,39-,41-,44-,51?/m0/s1. The van der Waals surface area contributed by atoms with E-state index in [9.17, 15) is 42.3 Å². The van der Waals surface area contributed by atoms with E-state index in [4.69, 9.17) is 14.5 Å². The number of esters is 1. The molecule has 2 saturated heterocycles. The Bertz CT molecular complexity index is 2670. The number of halogens is 3. The molecular formula is C52H64F3N7O8. The van der Waals surface area contributed by atoms with E-state index in [-0.39, 0.29) is 25.7 Å². The lowest BCUT2D eigenvalue weighted by molar-refractivity contribution is -0.216. The molecule has 1 unspecified atom stereocenters. The van der Waals surface area contributed by atoms with Crippen molar-refractivity contribution < 1.29 is 51.7 Å². The van der Waals surface area contributed by atoms with Gasteiger partial charge in [-0.25, -0.2) is 5.43 Å². The van der Waals surface area contributed by atoms with Crippen LogP contribution < -0.4 is 10.7 Å². The largest absolute Gasteiger partial charge is 0.464 e. The van der Waals surface area contributed by atoms with E-state index < -0.39 is 89.8 Å². The number of carbonyl (C=O) groups excluding carboxylic acids is 5. The summed E-state index contributed by atoms with van der Waals surface area (Å²) in [6.07, 6.45) is -1.61. The normalized spacial score (nSPS) is 22.8. The van der Waals surface area contributed by atoms with Gasteiger partial charge in [0.15, 0.2) is 5.60 Å². The third-order valence-electron chi connectivity index (χ3n) is 13.9. The number of methoxy groups -OCH3 is 1. The molecule has 0 spiro atoms. The lowest BCUT2D eigenvalue weighted by atomic mass is 9.84. The molecule has 376 valence electrons. The van der Waals surface area contributed by atoms with Crippen molar-refractivity contribution in [3.63, 3.8) is 0 Å². The van der Waals surface area contributed by atoms with Crippen molar-refractivity contribution in [2.45, 2.75) is 110 Å². The van der Waals surface area contributed by atoms with Gasteiger partial charge < -0.3 is 34.3 Å². The van der Waals surface area contributed by atoms with Gasteiger partial charge in [-0.15, -0.1) is 0 Å². The molecule has 4 aromatic rings. The SMILES string of the molecule is C=CC(=O)N1C[C@H](C(F)(F)F)C(O)(C(=O)N(C)[C@H](C(=O)N[C@H]2Cc3cccc(c3)-c3ccc4c(c3)c(c(-c3cccnc3[C@H](C)OC)n4CC)CC(C)(C)COC(=O)[C@@H]3CCCN(N3)C2=O)C(C)C)C1. The minimum absolute atomic E-state index is 0.0508. The van der Waals surface area contributed by atoms with E-state index >= 15 is 0 Å². The number of hydrogen-bond acceptors (Lipinski definition) is 10. The summed E-state index contributed by atoms with van der Waals surface area (Å²) in [5.74, 6) is -7.73. The second kappa shape index (κ2) is 20.3. The lowest BCUT2D eigenvalue weighted by Gasteiger charge is -2.38. The molecule has 70 heavy (non-hydrogen) atoms. The molecule has 0 saturated carbocycles. The van der Waals surface area contributed by atoms with E-state index in [2.05, 4.69) is 47.0 Å². The Morgan fingerprint density at radius 3 is 2.50 bits per heavy atom. The van der Waals surface area contributed by atoms with E-state index in [0.717, 1.165) is 62.6 Å². The summed E-state index contributed by atoms with van der Waals surface area (Å²) in [6, 6.07) is 14.1. The minimum Gasteiger partial charge on any atom is -0.464 e. The molecule has 0 aliphatic carbocycles. The van der Waals surface area contributed by atoms with Crippen LogP contribution in [0.5, 0.6) is 0 Å². The number of amides is 4. The molecule has 18 heteroatoms. The Hall–Kier alpha value is -6.11. The van der Waals surface area contributed by atoms with E-state index in [1.54, 1.807) is 27.2 Å². The average molecular weight is 972 g/mol. The minimum atomic E-state index is -5.09. The third-order valence-corrected chi connectivity index (χ3v) is 13.9. The average Bonchev–Trinajstić information content (AvgIpc) is 3.86. The van der Waals surface area contributed by atoms with Crippen molar-refractivity contribution in [3.8, 4) is 22.4 Å². The predicted molar refractivity (Wildman–Crippen MR) is 256 cm³/mol. The van der Waals surface area contributed by atoms with Crippen molar-refractivity contribution in [3.05, 3.63) is 90.3 Å². The maximum atomic E-state index is 14.7. The van der Waals surface area contributed by atoms with Gasteiger partial charge >= 0.3 is 12.1 Å². The fourth-order valence-electron chi connectivity index (χ4n) is 10.3. The highest BCUT2D eigenvalue weighted by Crippen LogP contribution is 2.43. The summed E-state index contributed by atoms with van der Waals surface area (Å²) >= 11 is 0. The molecule has 4 amide bonds. The van der Waals surface area contributed by atoms with Crippen LogP contribution in [0.15, 0.2) is 73.4 Å². The number of aliphatic hydroxyl groups is 1. The van der Waals surface area contributed by atoms with Gasteiger partial charge in [-0.1, -0.05) is 64.6 Å². The molecule has 7 rings (SSSR count). The number of hydrogen-bond donors (Lipinski definition) is 3. The van der Waals surface area contributed by atoms with E-state index in [1.807, 2.05) is 57.2 Å². The van der Waals surface area contributed by atoms with Gasteiger partial charge in [-0.2, -0.15) is 13.2 Å². The highest BCUT2D eigenvalue weighted by molar-refractivity contribution is 5.97. The first-order chi connectivity index (χ1) is 33.0. The predicted octanol–water partition coefficient (Wildman–Crippen LogP) is 6.17. The number of aryl methyl sites for hydroxylation is 1. The maximum absolute atomic E-state index is 14.7. The first-order valence-electron chi connectivity index (χ1n) is 23.8. The highest BCUT2D eigenvalue weighted by Gasteiger charge is 2.64. The topological polar surface area (TPSA) is 176 Å². The number of hydrazine groups is 1. The van der Waals surface area contributed by atoms with Crippen molar-refractivity contribution in [2.24, 2.45) is 17.3 Å². The number of nitrogens with one attached hydrogen (secondary N) is 2. The molecule has 6 bridgehead atoms. The molecule has 15 nitrogen and oxygen atoms in total. The molecule has 3 N–H and O–H groups in total. The van der Waals surface area contributed by atoms with Crippen LogP contribution in [0.25, 0.3) is 33.3 Å². The van der Waals surface area contributed by atoms with Gasteiger partial charge in [0.25, 0.3) is 11.8 Å². The second-order valence-electron chi connectivity index (χ2n) is 19.9. The highest BCUT2D eigenvalue weighted by atomic mass is 19.4. The van der Waals surface area contributed by atoms with Crippen LogP contribution in [-0.2, 0) is 52.8 Å². The maximum Gasteiger partial charge on any atom is 0.396 e. The van der Waals surface area contributed by atoms with Crippen molar-refractivity contribution in [2.75, 3.05) is 40.4 Å². The number of alkyl halides is 3. The number of cyclic esters (lactones) is 1. The number of benzene rings is 2. The van der Waals surface area contributed by atoms with E-state index in [1.165, 1.54) is 5.01 Å². The summed E-state index contributed by atoms with van der Waals surface area (Å²) in [6.45, 7) is 13.5. The Kier molecular flexibility index (Phi) is 15.0. The van der Waals surface area contributed by atoms with Crippen LogP contribution in [-0.4, -0.2) is 129 Å². The monoisotopic (exact) mass is 971 g/mol. The number of likely N-dealkylation sites (tertiary alicyclic amines) is 1. The van der Waals surface area contributed by atoms with Crippen LogP contribution in [0, 0.1) is 17.3 Å². The van der Waals surface area contributed by atoms with Crippen LogP contribution in [0.1, 0.15) is 77.3 Å². The van der Waals surface area contributed by atoms with Gasteiger partial charge in [0.05, 0.1) is 30.6 Å². The Balaban J connectivity index is 1.30. The Morgan fingerprint density at radius 2 is 1.83 bits per heavy atom. The Labute approximate surface area is 406 Å². The smallest absolute Gasteiger partial charge is 0.396 e. The molecule has 0 radical (unpaired) electrons. The first kappa shape index (κ1) is 51.7. The molecule has 6 atom stereocenters. The van der Waals surface area contributed by atoms with Crippen LogP contribution >= 0.6 is 0 Å². The second-order valence-corrected chi connectivity index (χ2v) is 19.9. The molecule has 2 fully saturated rings. The van der Waals surface area contributed by atoms with Gasteiger partial charge in [-0.3, -0.25) is 34.0 Å². The van der Waals surface area contributed by atoms with Crippen LogP contribution in [0.4, 0.5) is 13.2 Å². The number of likely N-dealkylation sites (N-methyl/N-ethyl adjacent to an activating group) is 1. The van der Waals surface area contributed by atoms with Crippen molar-refractivity contribution in [1.82, 2.24) is 35.1 Å². The summed E-state index contributed by atoms with van der Waals surface area (Å²) in [5, 5.41) is 16.6. The number of fused-ring (bicyclic) bond motifs is 6. The van der Waals surface area contributed by atoms with Gasteiger partial charge in [-0.05, 0) is 91.6 Å². The first-order valence-corrected chi connectivity index (χ1v) is 23.8. The van der Waals surface area contributed by atoms with Crippen LogP contribution in [0.2, 0.25) is 0 Å². The molecule has 5 heterocycles. The zero-order chi connectivity index (χ0) is 51.0.